The van der Waals surface area contributed by atoms with Gasteiger partial charge in [0.1, 0.15) is 0 Å². The number of ketones is 1. The number of benzene rings is 1. The molecule has 0 aromatic heterocycles. The van der Waals surface area contributed by atoms with E-state index in [4.69, 9.17) is 10.4 Å². The third-order valence-corrected chi connectivity index (χ3v) is 2.36. The minimum Gasteiger partial charge on any atom is -0.481 e. The summed E-state index contributed by atoms with van der Waals surface area (Å²) in [5.41, 5.74) is 1.73. The molecule has 0 aliphatic rings. The van der Waals surface area contributed by atoms with Gasteiger partial charge in [-0.15, -0.1) is 0 Å². The molecular weight excluding hydrogens is 242 g/mol. The van der Waals surface area contributed by atoms with Crippen LogP contribution in [0.4, 0.5) is 0 Å². The molecule has 0 heterocycles. The van der Waals surface area contributed by atoms with E-state index in [1.165, 1.54) is 0 Å². The molecule has 19 heavy (non-hydrogen) atoms. The summed E-state index contributed by atoms with van der Waals surface area (Å²) in [5, 5.41) is 16.3. The molecule has 0 aliphatic heterocycles. The molecule has 0 bridgehead atoms. The SMILES string of the molecule is CCCCC(=O)O.Cc1ccc(C(=O)CC#N)cc1. The van der Waals surface area contributed by atoms with Crippen LogP contribution in [0.2, 0.25) is 0 Å². The summed E-state index contributed by atoms with van der Waals surface area (Å²) < 4.78 is 0. The minimum absolute atomic E-state index is 0.0386. The van der Waals surface area contributed by atoms with Gasteiger partial charge >= 0.3 is 5.97 Å². The second kappa shape index (κ2) is 9.84. The Morgan fingerprint density at radius 2 is 1.84 bits per heavy atom. The summed E-state index contributed by atoms with van der Waals surface area (Å²) in [7, 11) is 0. The molecule has 4 heteroatoms. The van der Waals surface area contributed by atoms with Crippen LogP contribution in [0.3, 0.4) is 0 Å². The van der Waals surface area contributed by atoms with Gasteiger partial charge in [-0.3, -0.25) is 9.59 Å². The van der Waals surface area contributed by atoms with Crippen molar-refractivity contribution in [3.63, 3.8) is 0 Å². The second-order valence-corrected chi connectivity index (χ2v) is 4.12. The number of nitriles is 1. The Morgan fingerprint density at radius 3 is 2.21 bits per heavy atom. The highest BCUT2D eigenvalue weighted by molar-refractivity contribution is 5.97. The zero-order valence-corrected chi connectivity index (χ0v) is 11.3. The Bertz CT molecular complexity index is 443. The van der Waals surface area contributed by atoms with E-state index in [1.54, 1.807) is 12.1 Å². The van der Waals surface area contributed by atoms with Gasteiger partial charge in [-0.25, -0.2) is 0 Å². The number of carboxylic acids is 1. The third-order valence-electron chi connectivity index (χ3n) is 2.36. The third kappa shape index (κ3) is 8.56. The van der Waals surface area contributed by atoms with Crippen molar-refractivity contribution >= 4 is 11.8 Å². The Kier molecular flexibility index (Phi) is 8.72. The molecule has 0 unspecified atom stereocenters. The largest absolute Gasteiger partial charge is 0.481 e. The maximum atomic E-state index is 11.1. The van der Waals surface area contributed by atoms with Gasteiger partial charge in [0.2, 0.25) is 0 Å². The van der Waals surface area contributed by atoms with E-state index in [9.17, 15) is 9.59 Å². The molecule has 1 rings (SSSR count). The molecule has 0 amide bonds. The van der Waals surface area contributed by atoms with E-state index in [2.05, 4.69) is 0 Å². The molecule has 0 saturated carbocycles. The molecule has 0 fully saturated rings. The van der Waals surface area contributed by atoms with E-state index in [-0.39, 0.29) is 12.2 Å². The van der Waals surface area contributed by atoms with Crippen LogP contribution in [0.5, 0.6) is 0 Å². The highest BCUT2D eigenvalue weighted by Gasteiger charge is 2.02. The molecule has 0 saturated heterocycles. The number of aliphatic carboxylic acids is 1. The number of carbonyl (C=O) groups is 2. The number of nitrogens with zero attached hydrogens (tertiary/aromatic N) is 1. The molecule has 0 radical (unpaired) electrons. The summed E-state index contributed by atoms with van der Waals surface area (Å²) in [6, 6.07) is 9.05. The molecule has 102 valence electrons. The van der Waals surface area contributed by atoms with Crippen molar-refractivity contribution in [2.45, 2.75) is 39.5 Å². The Labute approximate surface area is 113 Å². The summed E-state index contributed by atoms with van der Waals surface area (Å²) in [4.78, 5) is 20.9. The lowest BCUT2D eigenvalue weighted by Gasteiger charge is -1.95. The average Bonchev–Trinajstić information content (AvgIpc) is 2.38. The number of hydrogen-bond donors (Lipinski definition) is 1. The van der Waals surface area contributed by atoms with Crippen molar-refractivity contribution in [3.8, 4) is 6.07 Å². The first-order chi connectivity index (χ1) is 9.01. The summed E-state index contributed by atoms with van der Waals surface area (Å²) in [5.74, 6) is -0.806. The van der Waals surface area contributed by atoms with Gasteiger partial charge in [0.25, 0.3) is 0 Å². The lowest BCUT2D eigenvalue weighted by atomic mass is 10.1. The molecule has 0 atom stereocenters. The van der Waals surface area contributed by atoms with Crippen LogP contribution in [0.25, 0.3) is 0 Å². The van der Waals surface area contributed by atoms with Gasteiger partial charge in [-0.2, -0.15) is 5.26 Å². The second-order valence-electron chi connectivity index (χ2n) is 4.12. The fourth-order valence-electron chi connectivity index (χ4n) is 1.24. The van der Waals surface area contributed by atoms with Crippen molar-refractivity contribution < 1.29 is 14.7 Å². The maximum absolute atomic E-state index is 11.1. The van der Waals surface area contributed by atoms with Gasteiger partial charge < -0.3 is 5.11 Å². The van der Waals surface area contributed by atoms with Gasteiger partial charge in [0, 0.05) is 12.0 Å². The number of carboxylic acid groups (broad SMARTS) is 1. The standard InChI is InChI=1S/C10H9NO.C5H10O2/c1-8-2-4-9(5-3-8)10(12)6-7-11;1-2-3-4-5(6)7/h2-5H,6H2,1H3;2-4H2,1H3,(H,6,7). The van der Waals surface area contributed by atoms with Crippen molar-refractivity contribution in [1.29, 1.82) is 5.26 Å². The van der Waals surface area contributed by atoms with Crippen LogP contribution in [-0.2, 0) is 4.79 Å². The van der Waals surface area contributed by atoms with Crippen molar-refractivity contribution in [3.05, 3.63) is 35.4 Å². The van der Waals surface area contributed by atoms with Crippen LogP contribution >= 0.6 is 0 Å². The van der Waals surface area contributed by atoms with E-state index in [0.29, 0.717) is 12.0 Å². The number of carbonyl (C=O) groups excluding carboxylic acids is 1. The molecule has 0 spiro atoms. The molecule has 4 nitrogen and oxygen atoms in total. The zero-order valence-electron chi connectivity index (χ0n) is 11.3. The first-order valence-electron chi connectivity index (χ1n) is 6.19. The van der Waals surface area contributed by atoms with Gasteiger partial charge in [0.15, 0.2) is 5.78 Å². The van der Waals surface area contributed by atoms with Crippen LogP contribution in [0, 0.1) is 18.3 Å². The van der Waals surface area contributed by atoms with Crippen molar-refractivity contribution in [2.24, 2.45) is 0 Å². The van der Waals surface area contributed by atoms with Crippen LogP contribution in [0.1, 0.15) is 48.5 Å². The quantitative estimate of drug-likeness (QED) is 0.824. The molecule has 1 aromatic rings. The smallest absolute Gasteiger partial charge is 0.303 e. The Hall–Kier alpha value is -2.15. The molecule has 1 N–H and O–H groups in total. The van der Waals surface area contributed by atoms with E-state index in [1.807, 2.05) is 32.0 Å². The Balaban J connectivity index is 0.000000399. The van der Waals surface area contributed by atoms with E-state index < -0.39 is 5.97 Å². The van der Waals surface area contributed by atoms with E-state index in [0.717, 1.165) is 18.4 Å². The highest BCUT2D eigenvalue weighted by Crippen LogP contribution is 2.05. The monoisotopic (exact) mass is 261 g/mol. The lowest BCUT2D eigenvalue weighted by molar-refractivity contribution is -0.137. The van der Waals surface area contributed by atoms with Gasteiger partial charge in [0.05, 0.1) is 12.5 Å². The number of unbranched alkanes of at least 4 members (excludes halogenated alkanes) is 1. The highest BCUT2D eigenvalue weighted by atomic mass is 16.4. The first-order valence-corrected chi connectivity index (χ1v) is 6.19. The minimum atomic E-state index is -0.693. The van der Waals surface area contributed by atoms with Crippen molar-refractivity contribution in [2.75, 3.05) is 0 Å². The summed E-state index contributed by atoms with van der Waals surface area (Å²) in [6.45, 7) is 3.93. The fraction of sp³-hybridized carbons (Fsp3) is 0.400. The predicted molar refractivity (Wildman–Crippen MR) is 72.9 cm³/mol. The van der Waals surface area contributed by atoms with Gasteiger partial charge in [-0.1, -0.05) is 43.2 Å². The Morgan fingerprint density at radius 1 is 1.26 bits per heavy atom. The summed E-state index contributed by atoms with van der Waals surface area (Å²) in [6.07, 6.45) is 2.04. The topological polar surface area (TPSA) is 78.2 Å². The molecule has 1 aromatic carbocycles. The maximum Gasteiger partial charge on any atom is 0.303 e. The zero-order chi connectivity index (χ0) is 14.7. The van der Waals surface area contributed by atoms with Gasteiger partial charge in [-0.05, 0) is 13.3 Å². The normalized spacial score (nSPS) is 8.89. The fourth-order valence-corrected chi connectivity index (χ4v) is 1.24. The van der Waals surface area contributed by atoms with Crippen molar-refractivity contribution in [1.82, 2.24) is 0 Å². The lowest BCUT2D eigenvalue weighted by Crippen LogP contribution is -1.96. The number of hydrogen-bond acceptors (Lipinski definition) is 3. The summed E-state index contributed by atoms with van der Waals surface area (Å²) >= 11 is 0. The first kappa shape index (κ1) is 16.9. The predicted octanol–water partition coefficient (Wildman–Crippen LogP) is 3.35. The van der Waals surface area contributed by atoms with Crippen LogP contribution < -0.4 is 0 Å². The molecular formula is C15H19NO3. The number of rotatable bonds is 5. The molecule has 0 aliphatic carbocycles. The van der Waals surface area contributed by atoms with Crippen LogP contribution in [-0.4, -0.2) is 16.9 Å². The average molecular weight is 261 g/mol. The number of aryl methyl sites for hydroxylation is 1. The van der Waals surface area contributed by atoms with Crippen LogP contribution in [0.15, 0.2) is 24.3 Å². The number of Topliss-reactive ketones (excluding diaryl/α,β-unsaturated/α-hetero) is 1. The van der Waals surface area contributed by atoms with E-state index >= 15 is 0 Å².